The molecule has 7 heteroatoms. The average Bonchev–Trinajstić information content (AvgIpc) is 3.49. The van der Waals surface area contributed by atoms with Crippen LogP contribution < -0.4 is 14.6 Å². The van der Waals surface area contributed by atoms with Crippen LogP contribution in [0.25, 0.3) is 0 Å². The number of thiazole rings is 1. The molecule has 5 rings (SSSR count). The Bertz CT molecular complexity index is 1280. The highest BCUT2D eigenvalue weighted by Gasteiger charge is 2.33. The standard InChI is InChI=1S/C27H25ClN4OS/c1-31(18-19-9-5-3-6-10-19)27-29-26(28)25(34-27)24-17-23(20-13-15-22(33-2)16-14-20)30-32(24)21-11-7-4-8-12-21/h3-16,24H,17-18H2,1-2H3. The van der Waals surface area contributed by atoms with Crippen LogP contribution >= 0.6 is 22.9 Å². The number of rotatable bonds is 7. The van der Waals surface area contributed by atoms with Gasteiger partial charge in [-0.15, -0.1) is 0 Å². The molecular weight excluding hydrogens is 464 g/mol. The lowest BCUT2D eigenvalue weighted by Gasteiger charge is -2.22. The van der Waals surface area contributed by atoms with E-state index >= 15 is 0 Å². The Hall–Kier alpha value is -3.35. The summed E-state index contributed by atoms with van der Waals surface area (Å²) in [4.78, 5) is 7.88. The minimum absolute atomic E-state index is 0.0247. The molecule has 1 aliphatic heterocycles. The minimum atomic E-state index is -0.0247. The van der Waals surface area contributed by atoms with Gasteiger partial charge in [0.25, 0.3) is 0 Å². The summed E-state index contributed by atoms with van der Waals surface area (Å²) in [7, 11) is 3.72. The lowest BCUT2D eigenvalue weighted by atomic mass is 10.0. The predicted octanol–water partition coefficient (Wildman–Crippen LogP) is 6.80. The molecule has 0 spiro atoms. The number of hydrogen-bond donors (Lipinski definition) is 0. The maximum atomic E-state index is 6.74. The Morgan fingerprint density at radius 1 is 1.00 bits per heavy atom. The van der Waals surface area contributed by atoms with E-state index in [0.29, 0.717) is 5.15 Å². The fourth-order valence-electron chi connectivity index (χ4n) is 4.09. The summed E-state index contributed by atoms with van der Waals surface area (Å²) in [6.07, 6.45) is 0.741. The maximum Gasteiger partial charge on any atom is 0.187 e. The van der Waals surface area contributed by atoms with E-state index in [0.717, 1.165) is 45.7 Å². The Morgan fingerprint density at radius 3 is 2.35 bits per heavy atom. The third-order valence-corrected chi connectivity index (χ3v) is 7.52. The van der Waals surface area contributed by atoms with Crippen LogP contribution in [0, 0.1) is 0 Å². The van der Waals surface area contributed by atoms with Gasteiger partial charge < -0.3 is 9.64 Å². The molecule has 0 saturated carbocycles. The monoisotopic (exact) mass is 488 g/mol. The molecule has 1 aliphatic rings. The van der Waals surface area contributed by atoms with E-state index in [1.54, 1.807) is 18.4 Å². The van der Waals surface area contributed by atoms with E-state index in [9.17, 15) is 0 Å². The van der Waals surface area contributed by atoms with E-state index in [1.807, 2.05) is 36.4 Å². The van der Waals surface area contributed by atoms with Gasteiger partial charge in [0, 0.05) is 20.0 Å². The zero-order valence-corrected chi connectivity index (χ0v) is 20.6. The van der Waals surface area contributed by atoms with Crippen molar-refractivity contribution >= 4 is 39.5 Å². The number of nitrogens with zero attached hydrogens (tertiary/aromatic N) is 4. The van der Waals surface area contributed by atoms with E-state index in [2.05, 4.69) is 65.5 Å². The van der Waals surface area contributed by atoms with Crippen molar-refractivity contribution in [3.63, 3.8) is 0 Å². The molecule has 0 amide bonds. The fraction of sp³-hybridized carbons (Fsp3) is 0.185. The Labute approximate surface area is 208 Å². The molecule has 0 radical (unpaired) electrons. The van der Waals surface area contributed by atoms with Crippen LogP contribution in [0.5, 0.6) is 5.75 Å². The van der Waals surface area contributed by atoms with Gasteiger partial charge in [0.15, 0.2) is 5.13 Å². The van der Waals surface area contributed by atoms with Crippen molar-refractivity contribution in [2.45, 2.75) is 19.0 Å². The summed E-state index contributed by atoms with van der Waals surface area (Å²) in [6.45, 7) is 0.769. The molecule has 5 nitrogen and oxygen atoms in total. The van der Waals surface area contributed by atoms with Crippen molar-refractivity contribution in [2.75, 3.05) is 24.1 Å². The van der Waals surface area contributed by atoms with Gasteiger partial charge >= 0.3 is 0 Å². The van der Waals surface area contributed by atoms with Crippen molar-refractivity contribution in [2.24, 2.45) is 5.10 Å². The topological polar surface area (TPSA) is 41.0 Å². The Balaban J connectivity index is 1.45. The highest BCUT2D eigenvalue weighted by atomic mass is 35.5. The lowest BCUT2D eigenvalue weighted by Crippen LogP contribution is -2.18. The first-order chi connectivity index (χ1) is 16.6. The zero-order valence-electron chi connectivity index (χ0n) is 19.1. The summed E-state index contributed by atoms with van der Waals surface area (Å²) < 4.78 is 5.32. The number of halogens is 1. The first-order valence-corrected chi connectivity index (χ1v) is 12.3. The number of methoxy groups -OCH3 is 1. The molecular formula is C27H25ClN4OS. The van der Waals surface area contributed by atoms with E-state index < -0.39 is 0 Å². The van der Waals surface area contributed by atoms with E-state index in [4.69, 9.17) is 26.4 Å². The van der Waals surface area contributed by atoms with Gasteiger partial charge in [-0.05, 0) is 47.5 Å². The van der Waals surface area contributed by atoms with Gasteiger partial charge in [-0.2, -0.15) is 5.10 Å². The number of hydrogen-bond acceptors (Lipinski definition) is 6. The molecule has 0 aliphatic carbocycles. The molecule has 0 N–H and O–H groups in total. The second-order valence-corrected chi connectivity index (χ2v) is 9.54. The maximum absolute atomic E-state index is 6.74. The van der Waals surface area contributed by atoms with Crippen molar-refractivity contribution < 1.29 is 4.74 Å². The molecule has 0 saturated heterocycles. The molecule has 1 atom stereocenters. The second kappa shape index (κ2) is 9.87. The van der Waals surface area contributed by atoms with Crippen LogP contribution in [0.15, 0.2) is 90.0 Å². The van der Waals surface area contributed by atoms with Crippen molar-refractivity contribution in [3.05, 3.63) is 106 Å². The van der Waals surface area contributed by atoms with Gasteiger partial charge in [0.2, 0.25) is 0 Å². The summed E-state index contributed by atoms with van der Waals surface area (Å²) in [5.74, 6) is 0.829. The van der Waals surface area contributed by atoms with Crippen LogP contribution in [0.2, 0.25) is 5.15 Å². The van der Waals surface area contributed by atoms with Crippen LogP contribution in [0.3, 0.4) is 0 Å². The van der Waals surface area contributed by atoms with E-state index in [1.165, 1.54) is 5.56 Å². The molecule has 4 aromatic rings. The zero-order chi connectivity index (χ0) is 23.5. The number of benzene rings is 3. The molecule has 1 unspecified atom stereocenters. The third kappa shape index (κ3) is 4.65. The largest absolute Gasteiger partial charge is 0.497 e. The molecule has 1 aromatic heterocycles. The number of para-hydroxylation sites is 1. The summed E-state index contributed by atoms with van der Waals surface area (Å²) in [5.41, 5.74) is 4.35. The average molecular weight is 489 g/mol. The number of anilines is 2. The Kier molecular flexibility index (Phi) is 6.52. The fourth-order valence-corrected chi connectivity index (χ4v) is 5.46. The normalized spacial score (nSPS) is 15.3. The van der Waals surface area contributed by atoms with Crippen LogP contribution in [0.1, 0.15) is 28.5 Å². The summed E-state index contributed by atoms with van der Waals surface area (Å²) in [6, 6.07) is 28.6. The van der Waals surface area contributed by atoms with Gasteiger partial charge in [-0.3, -0.25) is 5.01 Å². The third-order valence-electron chi connectivity index (χ3n) is 5.84. The smallest absolute Gasteiger partial charge is 0.187 e. The SMILES string of the molecule is COc1ccc(C2=NN(c3ccccc3)C(c3sc(N(C)Cc4ccccc4)nc3Cl)C2)cc1. The molecule has 0 bridgehead atoms. The number of hydrazone groups is 1. The molecule has 2 heterocycles. The van der Waals surface area contributed by atoms with Crippen LogP contribution in [0.4, 0.5) is 10.8 Å². The second-order valence-electron chi connectivity index (χ2n) is 8.17. The van der Waals surface area contributed by atoms with Gasteiger partial charge in [-0.25, -0.2) is 4.98 Å². The molecule has 172 valence electrons. The summed E-state index contributed by atoms with van der Waals surface area (Å²) >= 11 is 8.37. The lowest BCUT2D eigenvalue weighted by molar-refractivity contribution is 0.415. The highest BCUT2D eigenvalue weighted by molar-refractivity contribution is 7.16. The van der Waals surface area contributed by atoms with Gasteiger partial charge in [0.05, 0.1) is 29.4 Å². The first-order valence-electron chi connectivity index (χ1n) is 11.1. The highest BCUT2D eigenvalue weighted by Crippen LogP contribution is 2.43. The molecule has 3 aromatic carbocycles. The first kappa shape index (κ1) is 22.4. The minimum Gasteiger partial charge on any atom is -0.497 e. The van der Waals surface area contributed by atoms with Gasteiger partial charge in [-0.1, -0.05) is 71.5 Å². The van der Waals surface area contributed by atoms with Crippen molar-refractivity contribution in [1.82, 2.24) is 4.98 Å². The van der Waals surface area contributed by atoms with Crippen LogP contribution in [-0.4, -0.2) is 24.9 Å². The molecule has 0 fully saturated rings. The van der Waals surface area contributed by atoms with E-state index in [-0.39, 0.29) is 6.04 Å². The summed E-state index contributed by atoms with van der Waals surface area (Å²) in [5, 5.41) is 8.53. The van der Waals surface area contributed by atoms with Crippen LogP contribution in [-0.2, 0) is 6.54 Å². The Morgan fingerprint density at radius 2 is 1.68 bits per heavy atom. The van der Waals surface area contributed by atoms with Gasteiger partial charge in [0.1, 0.15) is 10.9 Å². The van der Waals surface area contributed by atoms with Crippen molar-refractivity contribution in [1.29, 1.82) is 0 Å². The predicted molar refractivity (Wildman–Crippen MR) is 141 cm³/mol. The number of ether oxygens (including phenoxy) is 1. The molecule has 34 heavy (non-hydrogen) atoms. The quantitative estimate of drug-likeness (QED) is 0.287. The van der Waals surface area contributed by atoms with Crippen molar-refractivity contribution in [3.8, 4) is 5.75 Å². The number of aromatic nitrogens is 1.